The average molecular weight is 437 g/mol. The molecule has 8 heteroatoms. The highest BCUT2D eigenvalue weighted by Crippen LogP contribution is 2.35. The van der Waals surface area contributed by atoms with Gasteiger partial charge in [0.05, 0.1) is 5.75 Å². The summed E-state index contributed by atoms with van der Waals surface area (Å²) in [5, 5.41) is 9.52. The van der Waals surface area contributed by atoms with Crippen LogP contribution in [0.3, 0.4) is 0 Å². The number of ether oxygens (including phenoxy) is 2. The van der Waals surface area contributed by atoms with Crippen molar-refractivity contribution in [2.45, 2.75) is 31.5 Å². The SMILES string of the molecule is CCn1c(SCC(=O)N2CCCc3ccccc32)nnc1-c1ccc2c(c1)OCCO2. The lowest BCUT2D eigenvalue weighted by molar-refractivity contribution is -0.116. The molecule has 0 aliphatic carbocycles. The van der Waals surface area contributed by atoms with E-state index in [2.05, 4.69) is 23.2 Å². The fourth-order valence-electron chi connectivity index (χ4n) is 4.07. The Bertz CT molecular complexity index is 1110. The summed E-state index contributed by atoms with van der Waals surface area (Å²) >= 11 is 1.43. The van der Waals surface area contributed by atoms with Crippen LogP contribution >= 0.6 is 11.8 Å². The van der Waals surface area contributed by atoms with Crippen LogP contribution in [-0.4, -0.2) is 46.2 Å². The quantitative estimate of drug-likeness (QED) is 0.567. The Labute approximate surface area is 185 Å². The summed E-state index contributed by atoms with van der Waals surface area (Å²) in [5.74, 6) is 2.66. The van der Waals surface area contributed by atoms with Crippen LogP contribution in [0.4, 0.5) is 5.69 Å². The van der Waals surface area contributed by atoms with Gasteiger partial charge in [-0.15, -0.1) is 10.2 Å². The van der Waals surface area contributed by atoms with Crippen molar-refractivity contribution in [1.82, 2.24) is 14.8 Å². The number of amides is 1. The number of anilines is 1. The van der Waals surface area contributed by atoms with Gasteiger partial charge < -0.3 is 18.9 Å². The van der Waals surface area contributed by atoms with Gasteiger partial charge in [0.1, 0.15) is 13.2 Å². The Morgan fingerprint density at radius 2 is 1.94 bits per heavy atom. The third kappa shape index (κ3) is 3.87. The summed E-state index contributed by atoms with van der Waals surface area (Å²) in [4.78, 5) is 14.9. The van der Waals surface area contributed by atoms with Gasteiger partial charge >= 0.3 is 0 Å². The van der Waals surface area contributed by atoms with Gasteiger partial charge in [0, 0.05) is 24.3 Å². The minimum absolute atomic E-state index is 0.101. The normalized spacial score (nSPS) is 14.9. The number of carbonyl (C=O) groups is 1. The molecule has 31 heavy (non-hydrogen) atoms. The molecule has 0 N–H and O–H groups in total. The first-order chi connectivity index (χ1) is 15.2. The van der Waals surface area contributed by atoms with Gasteiger partial charge in [-0.1, -0.05) is 30.0 Å². The maximum atomic E-state index is 13.0. The van der Waals surface area contributed by atoms with Crippen molar-refractivity contribution in [1.29, 1.82) is 0 Å². The first kappa shape index (κ1) is 19.9. The molecule has 7 nitrogen and oxygen atoms in total. The highest BCUT2D eigenvalue weighted by atomic mass is 32.2. The molecule has 0 radical (unpaired) electrons. The molecule has 0 unspecified atom stereocenters. The summed E-state index contributed by atoms with van der Waals surface area (Å²) in [6, 6.07) is 14.0. The van der Waals surface area contributed by atoms with Gasteiger partial charge in [0.25, 0.3) is 0 Å². The fraction of sp³-hybridized carbons (Fsp3) is 0.348. The molecule has 5 rings (SSSR count). The molecular formula is C23H24N4O3S. The van der Waals surface area contributed by atoms with E-state index in [1.807, 2.05) is 45.9 Å². The summed E-state index contributed by atoms with van der Waals surface area (Å²) in [5.41, 5.74) is 3.19. The van der Waals surface area contributed by atoms with Gasteiger partial charge in [-0.05, 0) is 49.6 Å². The Morgan fingerprint density at radius 3 is 2.81 bits per heavy atom. The van der Waals surface area contributed by atoms with Crippen molar-refractivity contribution in [3.8, 4) is 22.9 Å². The number of nitrogens with zero attached hydrogens (tertiary/aromatic N) is 4. The molecule has 1 amide bonds. The summed E-state index contributed by atoms with van der Waals surface area (Å²) in [7, 11) is 0. The lowest BCUT2D eigenvalue weighted by Gasteiger charge is -2.29. The molecule has 0 saturated heterocycles. The van der Waals surface area contributed by atoms with E-state index < -0.39 is 0 Å². The number of carbonyl (C=O) groups excluding carboxylic acids is 1. The number of aryl methyl sites for hydroxylation is 1. The second kappa shape index (κ2) is 8.63. The van der Waals surface area contributed by atoms with Crippen molar-refractivity contribution < 1.29 is 14.3 Å². The number of fused-ring (bicyclic) bond motifs is 2. The molecule has 3 heterocycles. The Hall–Kier alpha value is -3.00. The van der Waals surface area contributed by atoms with Gasteiger partial charge in [-0.2, -0.15) is 0 Å². The van der Waals surface area contributed by atoms with Crippen molar-refractivity contribution in [2.24, 2.45) is 0 Å². The Balaban J connectivity index is 1.33. The second-order valence-electron chi connectivity index (χ2n) is 7.48. The molecule has 2 aliphatic rings. The van der Waals surface area contributed by atoms with Crippen LogP contribution in [0.25, 0.3) is 11.4 Å². The predicted octanol–water partition coefficient (Wildman–Crippen LogP) is 3.81. The highest BCUT2D eigenvalue weighted by molar-refractivity contribution is 7.99. The Morgan fingerprint density at radius 1 is 1.10 bits per heavy atom. The smallest absolute Gasteiger partial charge is 0.237 e. The number of hydrogen-bond donors (Lipinski definition) is 0. The van der Waals surface area contributed by atoms with E-state index in [0.29, 0.717) is 25.5 Å². The average Bonchev–Trinajstić information content (AvgIpc) is 3.24. The first-order valence-electron chi connectivity index (χ1n) is 10.6. The summed E-state index contributed by atoms with van der Waals surface area (Å²) in [6.07, 6.45) is 2.02. The lowest BCUT2D eigenvalue weighted by atomic mass is 10.0. The zero-order chi connectivity index (χ0) is 21.2. The van der Waals surface area contributed by atoms with Crippen LogP contribution in [-0.2, 0) is 17.8 Å². The molecule has 0 atom stereocenters. The number of para-hydroxylation sites is 1. The van der Waals surface area contributed by atoms with E-state index in [4.69, 9.17) is 9.47 Å². The molecule has 0 spiro atoms. The predicted molar refractivity (Wildman–Crippen MR) is 120 cm³/mol. The molecule has 2 aliphatic heterocycles. The van der Waals surface area contributed by atoms with Crippen molar-refractivity contribution in [3.05, 3.63) is 48.0 Å². The maximum Gasteiger partial charge on any atom is 0.237 e. The molecular weight excluding hydrogens is 412 g/mol. The Kier molecular flexibility index (Phi) is 5.55. The monoisotopic (exact) mass is 436 g/mol. The van der Waals surface area contributed by atoms with E-state index in [1.165, 1.54) is 17.3 Å². The van der Waals surface area contributed by atoms with Crippen LogP contribution < -0.4 is 14.4 Å². The number of rotatable bonds is 5. The third-order valence-electron chi connectivity index (χ3n) is 5.57. The van der Waals surface area contributed by atoms with E-state index in [9.17, 15) is 4.79 Å². The summed E-state index contributed by atoms with van der Waals surface area (Å²) < 4.78 is 13.3. The minimum atomic E-state index is 0.101. The topological polar surface area (TPSA) is 69.5 Å². The molecule has 0 saturated carbocycles. The molecule has 1 aromatic heterocycles. The molecule has 160 valence electrons. The fourth-order valence-corrected chi connectivity index (χ4v) is 4.95. The van der Waals surface area contributed by atoms with Crippen LogP contribution in [0, 0.1) is 0 Å². The van der Waals surface area contributed by atoms with Crippen molar-refractivity contribution in [3.63, 3.8) is 0 Å². The van der Waals surface area contributed by atoms with Crippen LogP contribution in [0.1, 0.15) is 18.9 Å². The van der Waals surface area contributed by atoms with E-state index in [-0.39, 0.29) is 5.91 Å². The summed E-state index contributed by atoms with van der Waals surface area (Å²) in [6.45, 7) is 4.63. The van der Waals surface area contributed by atoms with Crippen LogP contribution in [0.5, 0.6) is 11.5 Å². The first-order valence-corrected chi connectivity index (χ1v) is 11.6. The molecule has 0 fully saturated rings. The molecule has 3 aromatic rings. The number of thioether (sulfide) groups is 1. The second-order valence-corrected chi connectivity index (χ2v) is 8.42. The standard InChI is InChI=1S/C23H24N4O3S/c1-2-26-22(17-9-10-19-20(14-17)30-13-12-29-19)24-25-23(26)31-15-21(28)27-11-5-7-16-6-3-4-8-18(16)27/h3-4,6,8-10,14H,2,5,7,11-13,15H2,1H3. The van der Waals surface area contributed by atoms with Crippen LogP contribution in [0.2, 0.25) is 0 Å². The van der Waals surface area contributed by atoms with Gasteiger partial charge in [-0.3, -0.25) is 4.79 Å². The zero-order valence-electron chi connectivity index (χ0n) is 17.4. The van der Waals surface area contributed by atoms with Crippen LogP contribution in [0.15, 0.2) is 47.6 Å². The van der Waals surface area contributed by atoms with Crippen molar-refractivity contribution in [2.75, 3.05) is 30.4 Å². The van der Waals surface area contributed by atoms with Gasteiger partial charge in [-0.25, -0.2) is 0 Å². The third-order valence-corrected chi connectivity index (χ3v) is 6.52. The zero-order valence-corrected chi connectivity index (χ0v) is 18.2. The van der Waals surface area contributed by atoms with E-state index >= 15 is 0 Å². The van der Waals surface area contributed by atoms with E-state index in [1.54, 1.807) is 0 Å². The van der Waals surface area contributed by atoms with Gasteiger partial charge in [0.2, 0.25) is 5.91 Å². The number of hydrogen-bond acceptors (Lipinski definition) is 6. The van der Waals surface area contributed by atoms with Crippen molar-refractivity contribution >= 4 is 23.4 Å². The molecule has 2 aromatic carbocycles. The maximum absolute atomic E-state index is 13.0. The van der Waals surface area contributed by atoms with E-state index in [0.717, 1.165) is 53.1 Å². The largest absolute Gasteiger partial charge is 0.486 e. The highest BCUT2D eigenvalue weighted by Gasteiger charge is 2.23. The van der Waals surface area contributed by atoms with Gasteiger partial charge in [0.15, 0.2) is 22.5 Å². The minimum Gasteiger partial charge on any atom is -0.486 e. The number of aromatic nitrogens is 3. The molecule has 0 bridgehead atoms. The number of benzene rings is 2. The lowest BCUT2D eigenvalue weighted by Crippen LogP contribution is -2.36.